The topological polar surface area (TPSA) is 300 Å². The first-order valence-electron chi connectivity index (χ1n) is 15.9. The van der Waals surface area contributed by atoms with Crippen molar-refractivity contribution in [3.05, 3.63) is 76.5 Å². The molecule has 1 aliphatic carbocycles. The Kier molecular flexibility index (Phi) is 10.8. The van der Waals surface area contributed by atoms with E-state index in [0.717, 1.165) is 30.3 Å². The summed E-state index contributed by atoms with van der Waals surface area (Å²) in [4.78, 5) is 22.5. The summed E-state index contributed by atoms with van der Waals surface area (Å²) >= 11 is 0. The lowest BCUT2D eigenvalue weighted by atomic mass is 9.98. The molecule has 18 nitrogen and oxygen atoms in total. The van der Waals surface area contributed by atoms with Crippen LogP contribution in [0.1, 0.15) is 5.56 Å². The molecule has 282 valence electrons. The van der Waals surface area contributed by atoms with Crippen LogP contribution in [0.15, 0.2) is 69.9 Å². The van der Waals surface area contributed by atoms with E-state index >= 15 is 0 Å². The summed E-state index contributed by atoms with van der Waals surface area (Å²) in [7, 11) is 0. The maximum absolute atomic E-state index is 12.2. The summed E-state index contributed by atoms with van der Waals surface area (Å²) in [6, 6.07) is 10.6. The minimum absolute atomic E-state index is 0.0310. The zero-order valence-corrected chi connectivity index (χ0v) is 27.2. The van der Waals surface area contributed by atoms with Gasteiger partial charge in [-0.3, -0.25) is 4.79 Å². The zero-order valence-electron chi connectivity index (χ0n) is 27.2. The number of fused-ring (bicyclic) bond motifs is 1. The standard InChI is InChI=1S/C35H34O18/c36-16-9-20(39)17-11-25(32(50-24(17)10-16)15-3-5-19(38)22(41)8-15)51-35-33(53-34-31(47)28(44)23(42)12-49-34)30(46)29(45)26(52-35)13-48-27(43)6-2-14-1-4-18(37)21(40)7-14/h1-11,23,26,28-31,33-35,37-42,44-47H,12-13H2/p+1/t23-,26-,28+,29+,30+,31-,33-,34+,35-/m1/s1. The third-order valence-corrected chi connectivity index (χ3v) is 8.49. The Morgan fingerprint density at radius 2 is 1.51 bits per heavy atom. The third kappa shape index (κ3) is 7.99. The van der Waals surface area contributed by atoms with Gasteiger partial charge >= 0.3 is 5.97 Å². The van der Waals surface area contributed by atoms with Crippen LogP contribution in [-0.2, 0) is 18.9 Å². The van der Waals surface area contributed by atoms with Gasteiger partial charge in [0.2, 0.25) is 12.9 Å². The summed E-state index contributed by atoms with van der Waals surface area (Å²) in [5.41, 5.74) is -0.186. The number of benzene rings is 3. The minimum atomic E-state index is -1.92. The Morgan fingerprint density at radius 3 is 2.23 bits per heavy atom. The Morgan fingerprint density at radius 1 is 0.792 bits per heavy atom. The lowest BCUT2D eigenvalue weighted by molar-refractivity contribution is -0.344. The second kappa shape index (κ2) is 15.3. The zero-order chi connectivity index (χ0) is 38.1. The first-order chi connectivity index (χ1) is 25.2. The molecule has 3 aliphatic heterocycles. The van der Waals surface area contributed by atoms with Crippen molar-refractivity contribution in [2.24, 2.45) is 0 Å². The summed E-state index contributed by atoms with van der Waals surface area (Å²) < 4.78 is 34.5. The molecular weight excluding hydrogens is 708 g/mol. The Labute approximate surface area is 298 Å². The normalized spacial score (nSPS) is 27.5. The van der Waals surface area contributed by atoms with Gasteiger partial charge in [-0.2, -0.15) is 0 Å². The maximum Gasteiger partial charge on any atom is 0.510 e. The van der Waals surface area contributed by atoms with Gasteiger partial charge in [0.25, 0.3) is 0 Å². The van der Waals surface area contributed by atoms with E-state index in [1.165, 1.54) is 36.4 Å². The molecular formula is C35H35O18+. The van der Waals surface area contributed by atoms with Crippen LogP contribution in [0.3, 0.4) is 0 Å². The van der Waals surface area contributed by atoms with Gasteiger partial charge in [-0.05, 0) is 48.0 Å². The molecule has 2 fully saturated rings. The van der Waals surface area contributed by atoms with E-state index < -0.39 is 103 Å². The van der Waals surface area contributed by atoms with Gasteiger partial charge in [-0.15, -0.1) is 0 Å². The Bertz CT molecular complexity index is 2010. The lowest BCUT2D eigenvalue weighted by Crippen LogP contribution is -2.64. The van der Waals surface area contributed by atoms with Gasteiger partial charge in [0, 0.05) is 17.7 Å². The highest BCUT2D eigenvalue weighted by atomic mass is 16.8. The second-order valence-corrected chi connectivity index (χ2v) is 12.2. The first-order valence-corrected chi connectivity index (χ1v) is 15.9. The summed E-state index contributed by atoms with van der Waals surface area (Å²) in [6.07, 6.45) is -13.1. The van der Waals surface area contributed by atoms with Crippen LogP contribution in [-0.4, -0.2) is 130 Å². The van der Waals surface area contributed by atoms with E-state index in [1.54, 1.807) is 0 Å². The van der Waals surface area contributed by atoms with Crippen LogP contribution < -0.4 is 10.2 Å². The monoisotopic (exact) mass is 743 g/mol. The number of aliphatic hydroxyl groups is 5. The number of aromatic hydroxyl groups is 5. The van der Waals surface area contributed by atoms with Crippen LogP contribution in [0.4, 0.5) is 0 Å². The summed E-state index contributed by atoms with van der Waals surface area (Å²) in [5.74, 6) is -3.58. The molecule has 3 heterocycles. The number of hydrogen-bond acceptors (Lipinski definition) is 17. The fraction of sp³-hybridized carbons (Fsp3) is 0.314. The quantitative estimate of drug-likeness (QED) is 0.0460. The SMILES string of the molecule is O=c1cc2oc(-c3ccc(O)c(O)c3)c(O[C@@H]3O[C@H](COC(=[OH+])C=Cc4ccc(O)c(O)c4)[C@H](O)[C@H](O)[C@H]3O[C@@H]3OC[C@@H](O)[C@H](O)[C@H]3O)cc-2c(O)c1. The van der Waals surface area contributed by atoms with Crippen molar-refractivity contribution in [2.75, 3.05) is 13.2 Å². The van der Waals surface area contributed by atoms with Gasteiger partial charge in [0.05, 0.1) is 18.2 Å². The second-order valence-electron chi connectivity index (χ2n) is 12.2. The van der Waals surface area contributed by atoms with Crippen LogP contribution >= 0.6 is 0 Å². The van der Waals surface area contributed by atoms with Crippen molar-refractivity contribution in [1.29, 1.82) is 0 Å². The molecule has 0 amide bonds. The van der Waals surface area contributed by atoms with Gasteiger partial charge in [0.15, 0.2) is 58.4 Å². The number of rotatable bonds is 9. The molecule has 0 bridgehead atoms. The molecule has 11 N–H and O–H groups in total. The van der Waals surface area contributed by atoms with Crippen LogP contribution in [0.25, 0.3) is 28.7 Å². The molecule has 0 aromatic heterocycles. The predicted molar refractivity (Wildman–Crippen MR) is 178 cm³/mol. The fourth-order valence-electron chi connectivity index (χ4n) is 5.62. The first kappa shape index (κ1) is 37.3. The Balaban J connectivity index is 1.33. The number of carbonyl (C=O) groups excluding carboxylic acids is 1. The molecule has 6 rings (SSSR count). The van der Waals surface area contributed by atoms with Gasteiger partial charge in [-0.25, -0.2) is 0 Å². The molecule has 4 aliphatic rings. The molecule has 0 saturated carbocycles. The molecule has 2 aromatic rings. The molecule has 18 heteroatoms. The number of ether oxygens (including phenoxy) is 5. The van der Waals surface area contributed by atoms with E-state index in [-0.39, 0.29) is 34.1 Å². The highest BCUT2D eigenvalue weighted by Gasteiger charge is 2.51. The van der Waals surface area contributed by atoms with Crippen molar-refractivity contribution in [3.8, 4) is 57.1 Å². The van der Waals surface area contributed by atoms with Crippen LogP contribution in [0.5, 0.6) is 34.5 Å². The van der Waals surface area contributed by atoms with E-state index in [1.807, 2.05) is 0 Å². The summed E-state index contributed by atoms with van der Waals surface area (Å²) in [5, 5.41) is 103. The number of phenolic OH excluding ortho intramolecular Hbond substituents is 5. The molecule has 9 atom stereocenters. The van der Waals surface area contributed by atoms with Gasteiger partial charge in [-0.1, -0.05) is 6.07 Å². The van der Waals surface area contributed by atoms with E-state index in [2.05, 4.69) is 0 Å². The highest BCUT2D eigenvalue weighted by molar-refractivity contribution is 5.88. The molecule has 0 unspecified atom stereocenters. The lowest BCUT2D eigenvalue weighted by Gasteiger charge is -2.44. The van der Waals surface area contributed by atoms with Crippen LogP contribution in [0.2, 0.25) is 0 Å². The maximum atomic E-state index is 12.2. The van der Waals surface area contributed by atoms with Gasteiger partial charge in [0.1, 0.15) is 42.0 Å². The highest BCUT2D eigenvalue weighted by Crippen LogP contribution is 2.43. The largest absolute Gasteiger partial charge is 0.510 e. The van der Waals surface area contributed by atoms with E-state index in [4.69, 9.17) is 28.1 Å². The number of phenols is 5. The van der Waals surface area contributed by atoms with E-state index in [0.29, 0.717) is 5.56 Å². The number of hydrogen-bond donors (Lipinski definition) is 10. The number of esters is 1. The molecule has 53 heavy (non-hydrogen) atoms. The van der Waals surface area contributed by atoms with Crippen LogP contribution in [0, 0.1) is 0 Å². The van der Waals surface area contributed by atoms with Crippen molar-refractivity contribution < 1.29 is 84.0 Å². The minimum Gasteiger partial charge on any atom is -0.507 e. The molecule has 2 aromatic carbocycles. The smallest absolute Gasteiger partial charge is 0.507 e. The number of aliphatic hydroxyl groups excluding tert-OH is 5. The molecule has 0 radical (unpaired) electrons. The van der Waals surface area contributed by atoms with Gasteiger partial charge < -0.3 is 84.0 Å². The predicted octanol–water partition coefficient (Wildman–Crippen LogP) is -0.178. The van der Waals surface area contributed by atoms with Crippen molar-refractivity contribution >= 4 is 12.0 Å². The Hall–Kier alpha value is -5.44. The van der Waals surface area contributed by atoms with E-state index in [9.17, 15) is 60.7 Å². The van der Waals surface area contributed by atoms with Crippen molar-refractivity contribution in [3.63, 3.8) is 0 Å². The summed E-state index contributed by atoms with van der Waals surface area (Å²) in [6.45, 7) is -1.11. The fourth-order valence-corrected chi connectivity index (χ4v) is 5.62. The third-order valence-electron chi connectivity index (χ3n) is 8.49. The van der Waals surface area contributed by atoms with Crippen molar-refractivity contribution in [1.82, 2.24) is 0 Å². The molecule has 0 spiro atoms. The average Bonchev–Trinajstić information content (AvgIpc) is 3.12. The molecule has 2 saturated heterocycles. The average molecular weight is 744 g/mol. The van der Waals surface area contributed by atoms with Crippen molar-refractivity contribution in [2.45, 2.75) is 55.3 Å².